The number of quaternary nitrogens is 2. The molecule has 8 aromatic rings. The van der Waals surface area contributed by atoms with Crippen LogP contribution in [0.25, 0.3) is 38.8 Å². The van der Waals surface area contributed by atoms with Crippen LogP contribution in [0.4, 0.5) is 22.7 Å². The topological polar surface area (TPSA) is 27.1 Å². The molecular formula is C49H43N4O+. The minimum atomic E-state index is -0.0971. The molecule has 2 bridgehead atoms. The van der Waals surface area contributed by atoms with Gasteiger partial charge < -0.3 is 4.74 Å². The molecule has 6 aromatic carbocycles. The first-order valence-electron chi connectivity index (χ1n) is 18.8. The first-order valence-corrected chi connectivity index (χ1v) is 18.8. The molecule has 264 valence electrons. The van der Waals surface area contributed by atoms with E-state index in [0.29, 0.717) is 4.48 Å². The minimum Gasteiger partial charge on any atom is -0.457 e. The minimum absolute atomic E-state index is 0.0971. The van der Waals surface area contributed by atoms with Gasteiger partial charge in [-0.1, -0.05) is 87.5 Å². The summed E-state index contributed by atoms with van der Waals surface area (Å²) in [7, 11) is 0. The maximum absolute atomic E-state index is 7.08. The van der Waals surface area contributed by atoms with Crippen LogP contribution >= 0.6 is 0 Å². The lowest BCUT2D eigenvalue weighted by atomic mass is 9.86. The lowest BCUT2D eigenvalue weighted by Crippen LogP contribution is -2.67. The lowest BCUT2D eigenvalue weighted by Gasteiger charge is -2.56. The van der Waals surface area contributed by atoms with Gasteiger partial charge in [0.15, 0.2) is 18.0 Å². The Hall–Kier alpha value is -6.01. The molecule has 3 aliphatic rings. The maximum atomic E-state index is 7.08. The molecule has 54 heavy (non-hydrogen) atoms. The van der Waals surface area contributed by atoms with E-state index in [4.69, 9.17) is 9.72 Å². The van der Waals surface area contributed by atoms with Crippen molar-refractivity contribution in [3.05, 3.63) is 175 Å². The van der Waals surface area contributed by atoms with Crippen molar-refractivity contribution in [2.75, 3.05) is 6.67 Å². The Morgan fingerprint density at radius 1 is 0.611 bits per heavy atom. The average Bonchev–Trinajstić information content (AvgIpc) is 3.75. The summed E-state index contributed by atoms with van der Waals surface area (Å²) in [6, 6.07) is 52.5. The molecule has 5 heteroatoms. The molecule has 0 N–H and O–H groups in total. The third kappa shape index (κ3) is 4.89. The number of aromatic nitrogens is 2. The van der Waals surface area contributed by atoms with Gasteiger partial charge in [-0.15, -0.1) is 0 Å². The number of nitrogens with zero attached hydrogens (tertiary/aromatic N) is 4. The van der Waals surface area contributed by atoms with Crippen LogP contribution in [0.2, 0.25) is 0 Å². The maximum Gasteiger partial charge on any atom is 0.186 e. The second-order valence-corrected chi connectivity index (χ2v) is 16.1. The van der Waals surface area contributed by atoms with Crippen molar-refractivity contribution in [1.82, 2.24) is 18.5 Å². The Labute approximate surface area is 317 Å². The van der Waals surface area contributed by atoms with Crippen LogP contribution in [-0.4, -0.2) is 16.2 Å². The molecule has 0 spiro atoms. The lowest BCUT2D eigenvalue weighted by molar-refractivity contribution is 0.186. The summed E-state index contributed by atoms with van der Waals surface area (Å²) in [5, 5.41) is 2.31. The summed E-state index contributed by atoms with van der Waals surface area (Å²) >= 11 is 0. The zero-order chi connectivity index (χ0) is 36.8. The van der Waals surface area contributed by atoms with Gasteiger partial charge in [0.2, 0.25) is 0 Å². The van der Waals surface area contributed by atoms with Gasteiger partial charge in [0.25, 0.3) is 0 Å². The van der Waals surface area contributed by atoms with Crippen LogP contribution in [-0.2, 0) is 5.41 Å². The third-order valence-electron chi connectivity index (χ3n) is 11.7. The zero-order valence-electron chi connectivity index (χ0n) is 31.4. The fraction of sp³-hybridized carbons (Fsp3) is 0.143. The summed E-state index contributed by atoms with van der Waals surface area (Å²) in [6.07, 6.45) is 1.87. The number of hydrogen-bond donors (Lipinski definition) is 0. The number of ether oxygens (including phenoxy) is 1. The predicted molar refractivity (Wildman–Crippen MR) is 224 cm³/mol. The molecule has 3 aliphatic heterocycles. The van der Waals surface area contributed by atoms with E-state index in [1.807, 2.05) is 12.3 Å². The molecule has 0 unspecified atom stereocenters. The fourth-order valence-electron chi connectivity index (χ4n) is 8.70. The van der Waals surface area contributed by atoms with Crippen molar-refractivity contribution in [3.63, 3.8) is 0 Å². The SMILES string of the molecule is Cc1cc2c(cc1C)[N@+]1(c3cc(Oc4cc(-c5ccccc5)cc(-n5c6ccccc6c6cccnc65)c4)cc(C(C)(C)C)c3)[CH-][N@@+]2(c2ccccc2)C1. The van der Waals surface area contributed by atoms with Gasteiger partial charge in [0, 0.05) is 47.3 Å². The second kappa shape index (κ2) is 11.7. The standard InChI is InChI=1S/C49H43N4O/c1-33-23-46-47(24-34(33)2)53(31-52(46,32-53)39-17-10-7-11-18-39)40-27-37(49(3,4)5)28-42(30-40)54-41-26-36(35-15-8-6-9-16-35)25-38(29-41)51-45-21-13-12-19-43(45)44-20-14-22-50-48(44)51/h6-31H,32H2,1-5H3/q+1/t52-,53+/m0/s1. The van der Waals surface area contributed by atoms with Crippen LogP contribution in [0.5, 0.6) is 11.5 Å². The van der Waals surface area contributed by atoms with Crippen molar-refractivity contribution in [1.29, 1.82) is 0 Å². The first-order chi connectivity index (χ1) is 26.1. The Balaban J connectivity index is 1.14. The number of benzene rings is 6. The molecular weight excluding hydrogens is 661 g/mol. The molecule has 2 aromatic heterocycles. The van der Waals surface area contributed by atoms with E-state index in [1.165, 1.54) is 44.8 Å². The van der Waals surface area contributed by atoms with E-state index in [-0.39, 0.29) is 5.41 Å². The average molecular weight is 704 g/mol. The largest absolute Gasteiger partial charge is 0.457 e. The van der Waals surface area contributed by atoms with Crippen LogP contribution in [0.15, 0.2) is 152 Å². The summed E-state index contributed by atoms with van der Waals surface area (Å²) in [6.45, 7) is 14.7. The molecule has 0 radical (unpaired) electrons. The molecule has 5 nitrogen and oxygen atoms in total. The van der Waals surface area contributed by atoms with Gasteiger partial charge in [0.1, 0.15) is 28.5 Å². The van der Waals surface area contributed by atoms with Crippen LogP contribution in [0.1, 0.15) is 37.5 Å². The Morgan fingerprint density at radius 2 is 1.24 bits per heavy atom. The van der Waals surface area contributed by atoms with Crippen LogP contribution in [0.3, 0.4) is 0 Å². The number of hydrogen-bond acceptors (Lipinski definition) is 2. The number of para-hydroxylation sites is 2. The Bertz CT molecular complexity index is 2700. The number of aryl methyl sites for hydroxylation is 2. The molecule has 1 fully saturated rings. The van der Waals surface area contributed by atoms with E-state index >= 15 is 0 Å². The number of rotatable bonds is 6. The highest BCUT2D eigenvalue weighted by Gasteiger charge is 2.63. The highest BCUT2D eigenvalue weighted by atomic mass is 16.5. The third-order valence-corrected chi connectivity index (χ3v) is 11.7. The molecule has 5 heterocycles. The van der Waals surface area contributed by atoms with Crippen molar-refractivity contribution in [3.8, 4) is 28.3 Å². The predicted octanol–water partition coefficient (Wildman–Crippen LogP) is 12.9. The molecule has 2 atom stereocenters. The molecule has 0 saturated carbocycles. The van der Waals surface area contributed by atoms with Crippen molar-refractivity contribution in [2.24, 2.45) is 0 Å². The van der Waals surface area contributed by atoms with E-state index in [2.05, 4.69) is 185 Å². The van der Waals surface area contributed by atoms with E-state index in [9.17, 15) is 0 Å². The molecule has 0 amide bonds. The highest BCUT2D eigenvalue weighted by Crippen LogP contribution is 2.65. The van der Waals surface area contributed by atoms with Gasteiger partial charge in [-0.2, -0.15) is 0 Å². The van der Waals surface area contributed by atoms with E-state index in [1.54, 1.807) is 0 Å². The van der Waals surface area contributed by atoms with Crippen molar-refractivity contribution >= 4 is 44.7 Å². The molecule has 0 aliphatic carbocycles. The monoisotopic (exact) mass is 703 g/mol. The molecule has 11 rings (SSSR count). The summed E-state index contributed by atoms with van der Waals surface area (Å²) in [4.78, 5) is 4.89. The van der Waals surface area contributed by atoms with Gasteiger partial charge >= 0.3 is 0 Å². The van der Waals surface area contributed by atoms with Crippen molar-refractivity contribution < 1.29 is 4.74 Å². The summed E-state index contributed by atoms with van der Waals surface area (Å²) in [5.74, 6) is 1.61. The van der Waals surface area contributed by atoms with E-state index < -0.39 is 0 Å². The number of fused-ring (bicyclic) bond motifs is 3. The first kappa shape index (κ1) is 32.6. The molecule has 1 saturated heterocycles. The summed E-state index contributed by atoms with van der Waals surface area (Å²) in [5.41, 5.74) is 14.2. The van der Waals surface area contributed by atoms with Gasteiger partial charge in [-0.3, -0.25) is 13.5 Å². The van der Waals surface area contributed by atoms with Crippen LogP contribution < -0.4 is 13.7 Å². The Morgan fingerprint density at radius 3 is 1.96 bits per heavy atom. The second-order valence-electron chi connectivity index (χ2n) is 16.1. The quantitative estimate of drug-likeness (QED) is 0.127. The van der Waals surface area contributed by atoms with Gasteiger partial charge in [-0.05, 0) is 95.6 Å². The van der Waals surface area contributed by atoms with E-state index in [0.717, 1.165) is 56.0 Å². The van der Waals surface area contributed by atoms with Gasteiger partial charge in [0.05, 0.1) is 17.9 Å². The highest BCUT2D eigenvalue weighted by molar-refractivity contribution is 6.07. The Kier molecular flexibility index (Phi) is 7.10. The number of pyridine rings is 1. The normalized spacial score (nSPS) is 18.8. The zero-order valence-corrected chi connectivity index (χ0v) is 31.4. The van der Waals surface area contributed by atoms with Crippen molar-refractivity contribution in [2.45, 2.75) is 40.0 Å². The smallest absolute Gasteiger partial charge is 0.186 e. The van der Waals surface area contributed by atoms with Crippen LogP contribution in [0, 0.1) is 20.5 Å². The van der Waals surface area contributed by atoms with Gasteiger partial charge in [-0.25, -0.2) is 4.98 Å². The summed E-state index contributed by atoms with van der Waals surface area (Å²) < 4.78 is 10.8. The fourth-order valence-corrected chi connectivity index (χ4v) is 8.70.